The SMILES string of the molecule is FCF.O=S(=O)([N-]c1cccc(F)c1)C(F)(F)F.[H-].[Li+]. The Bertz CT molecular complexity index is 484. The van der Waals surface area contributed by atoms with Crippen molar-refractivity contribution in [2.24, 2.45) is 0 Å². The van der Waals surface area contributed by atoms with Gasteiger partial charge in [0, 0.05) is 0 Å². The van der Waals surface area contributed by atoms with Crippen molar-refractivity contribution < 1.29 is 55.0 Å². The molecule has 0 spiro atoms. The average Bonchev–Trinajstić information content (AvgIpc) is 2.15. The van der Waals surface area contributed by atoms with E-state index in [0.29, 0.717) is 6.07 Å². The molecule has 0 N–H and O–H groups in total. The van der Waals surface area contributed by atoms with Gasteiger partial charge in [0.15, 0.2) is 10.0 Å². The van der Waals surface area contributed by atoms with Crippen LogP contribution in [-0.2, 0) is 10.0 Å². The first-order valence-corrected chi connectivity index (χ1v) is 5.50. The van der Waals surface area contributed by atoms with Crippen LogP contribution in [0.3, 0.4) is 0 Å². The van der Waals surface area contributed by atoms with Gasteiger partial charge in [0.2, 0.25) is 6.93 Å². The molecule has 1 rings (SSSR count). The van der Waals surface area contributed by atoms with Crippen LogP contribution in [0.5, 0.6) is 0 Å². The second-order valence-corrected chi connectivity index (χ2v) is 4.19. The van der Waals surface area contributed by atoms with E-state index in [1.54, 1.807) is 0 Å². The Hall–Kier alpha value is -0.853. The van der Waals surface area contributed by atoms with E-state index in [2.05, 4.69) is 4.72 Å². The van der Waals surface area contributed by atoms with Crippen LogP contribution in [0.2, 0.25) is 0 Å². The van der Waals surface area contributed by atoms with Crippen molar-refractivity contribution in [2.45, 2.75) is 5.51 Å². The second-order valence-electron chi connectivity index (χ2n) is 2.59. The molecule has 0 aliphatic carbocycles. The van der Waals surface area contributed by atoms with Crippen molar-refractivity contribution in [3.8, 4) is 0 Å². The van der Waals surface area contributed by atoms with Gasteiger partial charge in [-0.3, -0.25) is 0 Å². The quantitative estimate of drug-likeness (QED) is 0.596. The first kappa shape index (κ1) is 20.5. The maximum absolute atomic E-state index is 12.5. The standard InChI is InChI=1S/C7H4F4NO2S.CH2F2.Li.H/c8-5-2-1-3-6(4-5)12-15(13,14)7(9,10)11;2-1-3;;/h1-4H;1H2;;/q-1;;+1;-1. The summed E-state index contributed by atoms with van der Waals surface area (Å²) in [4.78, 5) is 0. The van der Waals surface area contributed by atoms with Gasteiger partial charge in [0.25, 0.3) is 0 Å². The van der Waals surface area contributed by atoms with Crippen molar-refractivity contribution >= 4 is 15.7 Å². The third-order valence-corrected chi connectivity index (χ3v) is 2.36. The zero-order valence-electron chi connectivity index (χ0n) is 10.5. The molecule has 1 aromatic rings. The minimum Gasteiger partial charge on any atom is -1.00 e. The summed E-state index contributed by atoms with van der Waals surface area (Å²) < 4.78 is 90.8. The van der Waals surface area contributed by atoms with E-state index in [9.17, 15) is 34.8 Å². The molecule has 0 bridgehead atoms. The fourth-order valence-corrected chi connectivity index (χ4v) is 1.22. The predicted octanol–water partition coefficient (Wildman–Crippen LogP) is 0.680. The van der Waals surface area contributed by atoms with Gasteiger partial charge in [0.05, 0.1) is 0 Å². The van der Waals surface area contributed by atoms with E-state index in [-0.39, 0.29) is 20.3 Å². The number of benzene rings is 1. The number of alkyl halides is 5. The van der Waals surface area contributed by atoms with Gasteiger partial charge >= 0.3 is 24.4 Å². The van der Waals surface area contributed by atoms with Gasteiger partial charge in [-0.25, -0.2) is 21.6 Å². The molecule has 106 valence electrons. The smallest absolute Gasteiger partial charge is 1.00 e. The van der Waals surface area contributed by atoms with Crippen LogP contribution in [0.25, 0.3) is 4.72 Å². The Labute approximate surface area is 118 Å². The topological polar surface area (TPSA) is 48.2 Å². The van der Waals surface area contributed by atoms with Gasteiger partial charge in [-0.15, -0.1) is 5.69 Å². The van der Waals surface area contributed by atoms with Crippen LogP contribution in [0.1, 0.15) is 1.43 Å². The second kappa shape index (κ2) is 8.34. The summed E-state index contributed by atoms with van der Waals surface area (Å²) in [7, 11) is -5.61. The molecule has 3 nitrogen and oxygen atoms in total. The molecular weight excluding hydrogens is 295 g/mol. The molecule has 0 amide bonds. The normalized spacial score (nSPS) is 10.8. The summed E-state index contributed by atoms with van der Waals surface area (Å²) >= 11 is 0. The molecule has 1 aromatic carbocycles. The fraction of sp³-hybridized carbons (Fsp3) is 0.250. The number of halogens is 6. The Morgan fingerprint density at radius 2 is 1.68 bits per heavy atom. The van der Waals surface area contributed by atoms with Gasteiger partial charge in [-0.05, 0) is 12.1 Å². The van der Waals surface area contributed by atoms with Crippen molar-refractivity contribution in [2.75, 3.05) is 6.93 Å². The minimum absolute atomic E-state index is 0. The summed E-state index contributed by atoms with van der Waals surface area (Å²) in [5, 5.41) is 0. The Balaban J connectivity index is -0.000000530. The molecule has 0 aliphatic rings. The van der Waals surface area contributed by atoms with Gasteiger partial charge in [-0.2, -0.15) is 13.2 Å². The molecule has 0 atom stereocenters. The van der Waals surface area contributed by atoms with Gasteiger partial charge < -0.3 is 6.15 Å². The molecule has 0 saturated carbocycles. The first-order valence-electron chi connectivity index (χ1n) is 4.06. The average molecular weight is 302 g/mol. The molecule has 19 heavy (non-hydrogen) atoms. The number of hydrogen-bond donors (Lipinski definition) is 0. The third-order valence-electron chi connectivity index (χ3n) is 1.33. The molecule has 0 saturated heterocycles. The number of rotatable bonds is 2. The maximum atomic E-state index is 12.5. The summed E-state index contributed by atoms with van der Waals surface area (Å²) in [6.45, 7) is -1.75. The zero-order chi connectivity index (χ0) is 14.4. The summed E-state index contributed by atoms with van der Waals surface area (Å²) in [6, 6.07) is 3.55. The van der Waals surface area contributed by atoms with Crippen LogP contribution in [0.4, 0.5) is 32.0 Å². The van der Waals surface area contributed by atoms with E-state index >= 15 is 0 Å². The van der Waals surface area contributed by atoms with Gasteiger partial charge in [0.1, 0.15) is 5.82 Å². The number of nitrogens with zero attached hydrogens (tertiary/aromatic N) is 1. The largest absolute Gasteiger partial charge is 1.00 e. The van der Waals surface area contributed by atoms with Crippen molar-refractivity contribution in [3.63, 3.8) is 0 Å². The summed E-state index contributed by atoms with van der Waals surface area (Å²) in [6.07, 6.45) is 0. The molecule has 0 heterocycles. The monoisotopic (exact) mass is 302 g/mol. The van der Waals surface area contributed by atoms with Crippen LogP contribution >= 0.6 is 0 Å². The predicted molar refractivity (Wildman–Crippen MR) is 52.6 cm³/mol. The molecule has 0 aliphatic heterocycles. The van der Waals surface area contributed by atoms with E-state index in [1.165, 1.54) is 0 Å². The number of hydrogen-bond acceptors (Lipinski definition) is 2. The molecular formula is C8H7F6LiNO2S-. The van der Waals surface area contributed by atoms with Gasteiger partial charge in [-0.1, -0.05) is 12.1 Å². The van der Waals surface area contributed by atoms with E-state index in [4.69, 9.17) is 0 Å². The zero-order valence-corrected chi connectivity index (χ0v) is 10.3. The third kappa shape index (κ3) is 7.34. The molecule has 0 radical (unpaired) electrons. The molecule has 0 fully saturated rings. The number of sulfonamides is 1. The molecule has 0 unspecified atom stereocenters. The van der Waals surface area contributed by atoms with Crippen LogP contribution < -0.4 is 18.9 Å². The van der Waals surface area contributed by atoms with Crippen LogP contribution in [0.15, 0.2) is 24.3 Å². The first-order chi connectivity index (χ1) is 8.14. The Morgan fingerprint density at radius 3 is 2.05 bits per heavy atom. The van der Waals surface area contributed by atoms with E-state index in [1.807, 2.05) is 0 Å². The van der Waals surface area contributed by atoms with Crippen molar-refractivity contribution in [1.29, 1.82) is 0 Å². The Morgan fingerprint density at radius 1 is 1.21 bits per heavy atom. The molecule has 11 heteroatoms. The molecule has 0 aromatic heterocycles. The van der Waals surface area contributed by atoms with E-state index in [0.717, 1.165) is 18.2 Å². The minimum atomic E-state index is -5.61. The van der Waals surface area contributed by atoms with Crippen molar-refractivity contribution in [3.05, 3.63) is 34.8 Å². The van der Waals surface area contributed by atoms with Crippen molar-refractivity contribution in [1.82, 2.24) is 0 Å². The fourth-order valence-electron chi connectivity index (χ4n) is 0.723. The Kier molecular flexibility index (Phi) is 8.99. The summed E-state index contributed by atoms with van der Waals surface area (Å²) in [5.41, 5.74) is -6.08. The van der Waals surface area contributed by atoms with E-state index < -0.39 is 34.0 Å². The van der Waals surface area contributed by atoms with Crippen LogP contribution in [-0.4, -0.2) is 20.9 Å². The summed E-state index contributed by atoms with van der Waals surface area (Å²) in [5.74, 6) is -0.867. The maximum Gasteiger partial charge on any atom is 1.00 e. The van der Waals surface area contributed by atoms with Crippen LogP contribution in [0, 0.1) is 5.82 Å².